The van der Waals surface area contributed by atoms with Crippen molar-refractivity contribution in [3.05, 3.63) is 35.0 Å². The highest BCUT2D eigenvalue weighted by Crippen LogP contribution is 2.33. The van der Waals surface area contributed by atoms with Crippen LogP contribution in [0.3, 0.4) is 0 Å². The van der Waals surface area contributed by atoms with Crippen molar-refractivity contribution < 1.29 is 19.0 Å². The zero-order chi connectivity index (χ0) is 18.6. The standard InChI is InChI=1S/C17H22N4O4/c1-9(2)25-16(22)10-6-13(23-3)12(14(7-10)24-4)5-11-8-20-17(19)21-15(11)18/h6-9H,5H2,1-4H3,(H4,18,19,20,21). The molecule has 8 nitrogen and oxygen atoms in total. The Bertz CT molecular complexity index is 752. The largest absolute Gasteiger partial charge is 0.496 e. The van der Waals surface area contributed by atoms with Crippen LogP contribution in [0.5, 0.6) is 11.5 Å². The Hall–Kier alpha value is -3.03. The summed E-state index contributed by atoms with van der Waals surface area (Å²) in [4.78, 5) is 20.1. The second-order valence-corrected chi connectivity index (χ2v) is 5.63. The fourth-order valence-electron chi connectivity index (χ4n) is 2.32. The Balaban J connectivity index is 2.45. The van der Waals surface area contributed by atoms with Crippen LogP contribution >= 0.6 is 0 Å². The third-order valence-electron chi connectivity index (χ3n) is 3.47. The fraction of sp³-hybridized carbons (Fsp3) is 0.353. The van der Waals surface area contributed by atoms with Gasteiger partial charge in [0.25, 0.3) is 0 Å². The lowest BCUT2D eigenvalue weighted by Gasteiger charge is -2.16. The number of esters is 1. The number of nitrogen functional groups attached to an aromatic ring is 2. The molecule has 1 aromatic heterocycles. The summed E-state index contributed by atoms with van der Waals surface area (Å²) < 4.78 is 16.1. The Labute approximate surface area is 146 Å². The quantitative estimate of drug-likeness (QED) is 0.759. The normalized spacial score (nSPS) is 10.6. The molecule has 1 heterocycles. The number of rotatable bonds is 6. The number of benzene rings is 1. The minimum Gasteiger partial charge on any atom is -0.496 e. The van der Waals surface area contributed by atoms with Crippen LogP contribution in [-0.4, -0.2) is 36.3 Å². The summed E-state index contributed by atoms with van der Waals surface area (Å²) in [7, 11) is 3.03. The highest BCUT2D eigenvalue weighted by molar-refractivity contribution is 5.91. The number of carbonyl (C=O) groups is 1. The molecule has 4 N–H and O–H groups in total. The minimum atomic E-state index is -0.450. The summed E-state index contributed by atoms with van der Waals surface area (Å²) >= 11 is 0. The molecule has 0 radical (unpaired) electrons. The first-order valence-electron chi connectivity index (χ1n) is 7.68. The highest BCUT2D eigenvalue weighted by atomic mass is 16.5. The van der Waals surface area contributed by atoms with E-state index in [0.29, 0.717) is 34.6 Å². The van der Waals surface area contributed by atoms with Gasteiger partial charge in [-0.3, -0.25) is 0 Å². The number of carbonyl (C=O) groups excluding carboxylic acids is 1. The molecule has 0 unspecified atom stereocenters. The summed E-state index contributed by atoms with van der Waals surface area (Å²) in [6.45, 7) is 3.56. The van der Waals surface area contributed by atoms with E-state index in [-0.39, 0.29) is 17.9 Å². The number of hydrogen-bond acceptors (Lipinski definition) is 8. The first-order valence-corrected chi connectivity index (χ1v) is 7.68. The van der Waals surface area contributed by atoms with Gasteiger partial charge in [0.05, 0.1) is 25.9 Å². The molecule has 0 bridgehead atoms. The van der Waals surface area contributed by atoms with Gasteiger partial charge in [-0.1, -0.05) is 0 Å². The summed E-state index contributed by atoms with van der Waals surface area (Å²) in [6.07, 6.45) is 1.69. The molecule has 0 saturated carbocycles. The molecule has 0 amide bonds. The van der Waals surface area contributed by atoms with Crippen LogP contribution in [0.15, 0.2) is 18.3 Å². The van der Waals surface area contributed by atoms with Gasteiger partial charge in [-0.2, -0.15) is 4.98 Å². The van der Waals surface area contributed by atoms with E-state index in [1.165, 1.54) is 14.2 Å². The van der Waals surface area contributed by atoms with Crippen molar-refractivity contribution in [3.8, 4) is 11.5 Å². The first-order chi connectivity index (χ1) is 11.8. The van der Waals surface area contributed by atoms with Gasteiger partial charge in [-0.15, -0.1) is 0 Å². The van der Waals surface area contributed by atoms with E-state index >= 15 is 0 Å². The molecule has 0 aliphatic carbocycles. The van der Waals surface area contributed by atoms with Crippen molar-refractivity contribution >= 4 is 17.7 Å². The Morgan fingerprint density at radius 3 is 2.24 bits per heavy atom. The lowest BCUT2D eigenvalue weighted by molar-refractivity contribution is 0.0377. The molecule has 134 valence electrons. The maximum absolute atomic E-state index is 12.2. The van der Waals surface area contributed by atoms with E-state index in [2.05, 4.69) is 9.97 Å². The first kappa shape index (κ1) is 18.3. The Morgan fingerprint density at radius 2 is 1.76 bits per heavy atom. The van der Waals surface area contributed by atoms with E-state index in [9.17, 15) is 4.79 Å². The highest BCUT2D eigenvalue weighted by Gasteiger charge is 2.19. The van der Waals surface area contributed by atoms with Crippen LogP contribution in [0.25, 0.3) is 0 Å². The lowest BCUT2D eigenvalue weighted by Crippen LogP contribution is -2.12. The predicted molar refractivity (Wildman–Crippen MR) is 93.8 cm³/mol. The summed E-state index contributed by atoms with van der Waals surface area (Å²) in [5.41, 5.74) is 13.1. The van der Waals surface area contributed by atoms with Crippen LogP contribution in [0.4, 0.5) is 11.8 Å². The summed E-state index contributed by atoms with van der Waals surface area (Å²) in [6, 6.07) is 3.22. The van der Waals surface area contributed by atoms with Gasteiger partial charge in [0, 0.05) is 23.7 Å². The number of hydrogen-bond donors (Lipinski definition) is 2. The average Bonchev–Trinajstić information content (AvgIpc) is 2.56. The number of aromatic nitrogens is 2. The van der Waals surface area contributed by atoms with E-state index in [4.69, 9.17) is 25.7 Å². The van der Waals surface area contributed by atoms with Gasteiger partial charge in [0.2, 0.25) is 5.95 Å². The van der Waals surface area contributed by atoms with Crippen LogP contribution in [0.1, 0.15) is 35.3 Å². The maximum Gasteiger partial charge on any atom is 0.338 e. The molecule has 2 rings (SSSR count). The molecule has 0 aliphatic heterocycles. The molecule has 0 fully saturated rings. The van der Waals surface area contributed by atoms with Crippen molar-refractivity contribution in [3.63, 3.8) is 0 Å². The summed E-state index contributed by atoms with van der Waals surface area (Å²) in [5, 5.41) is 0. The Morgan fingerprint density at radius 1 is 1.16 bits per heavy atom. The van der Waals surface area contributed by atoms with Crippen LogP contribution < -0.4 is 20.9 Å². The van der Waals surface area contributed by atoms with Crippen molar-refractivity contribution in [1.29, 1.82) is 0 Å². The van der Waals surface area contributed by atoms with E-state index in [0.717, 1.165) is 0 Å². The van der Waals surface area contributed by atoms with Crippen molar-refractivity contribution in [1.82, 2.24) is 9.97 Å². The van der Waals surface area contributed by atoms with Crippen molar-refractivity contribution in [2.24, 2.45) is 0 Å². The number of nitrogens with zero attached hydrogens (tertiary/aromatic N) is 2. The second-order valence-electron chi connectivity index (χ2n) is 5.63. The molecular formula is C17H22N4O4. The molecule has 0 aliphatic rings. The van der Waals surface area contributed by atoms with E-state index in [1.807, 2.05) is 0 Å². The van der Waals surface area contributed by atoms with Crippen LogP contribution in [0.2, 0.25) is 0 Å². The fourth-order valence-corrected chi connectivity index (χ4v) is 2.32. The lowest BCUT2D eigenvalue weighted by atomic mass is 10.0. The van der Waals surface area contributed by atoms with E-state index in [1.54, 1.807) is 32.2 Å². The molecule has 0 spiro atoms. The van der Waals surface area contributed by atoms with Gasteiger partial charge in [-0.05, 0) is 26.0 Å². The zero-order valence-corrected chi connectivity index (χ0v) is 14.7. The van der Waals surface area contributed by atoms with Crippen LogP contribution in [-0.2, 0) is 11.2 Å². The zero-order valence-electron chi connectivity index (χ0n) is 14.7. The van der Waals surface area contributed by atoms with Gasteiger partial charge in [0.15, 0.2) is 0 Å². The maximum atomic E-state index is 12.2. The molecular weight excluding hydrogens is 324 g/mol. The average molecular weight is 346 g/mol. The number of nitrogens with two attached hydrogens (primary N) is 2. The number of methoxy groups -OCH3 is 2. The summed E-state index contributed by atoms with van der Waals surface area (Å²) in [5.74, 6) is 0.887. The second kappa shape index (κ2) is 7.69. The van der Waals surface area contributed by atoms with Gasteiger partial charge in [-0.25, -0.2) is 9.78 Å². The smallest absolute Gasteiger partial charge is 0.338 e. The molecule has 0 saturated heterocycles. The van der Waals surface area contributed by atoms with Crippen molar-refractivity contribution in [2.75, 3.05) is 25.7 Å². The monoisotopic (exact) mass is 346 g/mol. The molecule has 8 heteroatoms. The third kappa shape index (κ3) is 4.28. The minimum absolute atomic E-state index is 0.104. The van der Waals surface area contributed by atoms with Gasteiger partial charge < -0.3 is 25.7 Å². The number of ether oxygens (including phenoxy) is 3. The van der Waals surface area contributed by atoms with E-state index < -0.39 is 5.97 Å². The van der Waals surface area contributed by atoms with Crippen LogP contribution in [0, 0.1) is 0 Å². The van der Waals surface area contributed by atoms with Crippen molar-refractivity contribution in [2.45, 2.75) is 26.4 Å². The number of anilines is 2. The molecule has 0 atom stereocenters. The molecule has 2 aromatic rings. The topological polar surface area (TPSA) is 123 Å². The van der Waals surface area contributed by atoms with Gasteiger partial charge in [0.1, 0.15) is 17.3 Å². The third-order valence-corrected chi connectivity index (χ3v) is 3.47. The molecule has 25 heavy (non-hydrogen) atoms. The SMILES string of the molecule is COc1cc(C(=O)OC(C)C)cc(OC)c1Cc1cnc(N)nc1N. The Kier molecular flexibility index (Phi) is 5.63. The predicted octanol–water partition coefficient (Wildman–Crippen LogP) is 1.81. The van der Waals surface area contributed by atoms with Gasteiger partial charge >= 0.3 is 5.97 Å². The molecule has 1 aromatic carbocycles.